The maximum Gasteiger partial charge on any atom is 0.326 e. The number of rotatable bonds is 4. The summed E-state index contributed by atoms with van der Waals surface area (Å²) in [7, 11) is 0. The molecule has 4 aliphatic rings. The zero-order chi connectivity index (χ0) is 23.1. The molecule has 8 nitrogen and oxygen atoms in total. The summed E-state index contributed by atoms with van der Waals surface area (Å²) in [5.41, 5.74) is 2.69. The van der Waals surface area contributed by atoms with Crippen LogP contribution in [0, 0.1) is 12.8 Å². The van der Waals surface area contributed by atoms with E-state index in [-0.39, 0.29) is 41.2 Å². The van der Waals surface area contributed by atoms with Crippen molar-refractivity contribution in [1.29, 1.82) is 0 Å². The van der Waals surface area contributed by atoms with Gasteiger partial charge in [0.25, 0.3) is 5.91 Å². The molecule has 0 radical (unpaired) electrons. The average molecular weight is 468 g/mol. The molecule has 1 aromatic rings. The van der Waals surface area contributed by atoms with Gasteiger partial charge in [0.1, 0.15) is 0 Å². The van der Waals surface area contributed by atoms with E-state index in [1.807, 2.05) is 36.1 Å². The van der Waals surface area contributed by atoms with Crippen molar-refractivity contribution in [3.8, 4) is 0 Å². The molecule has 33 heavy (non-hydrogen) atoms. The van der Waals surface area contributed by atoms with Crippen molar-refractivity contribution in [3.05, 3.63) is 53.1 Å². The highest BCUT2D eigenvalue weighted by atomic mass is 32.2. The van der Waals surface area contributed by atoms with Gasteiger partial charge < -0.3 is 20.9 Å². The number of hydrogen-bond acceptors (Lipinski definition) is 5. The van der Waals surface area contributed by atoms with Gasteiger partial charge in [-0.3, -0.25) is 14.5 Å². The molecule has 9 heteroatoms. The van der Waals surface area contributed by atoms with Gasteiger partial charge >= 0.3 is 6.03 Å². The third-order valence-corrected chi connectivity index (χ3v) is 8.32. The van der Waals surface area contributed by atoms with Crippen molar-refractivity contribution in [2.75, 3.05) is 24.5 Å². The Kier molecular flexibility index (Phi) is 5.92. The number of carbonyl (C=O) groups excluding carboxylic acids is 3. The molecule has 0 spiro atoms. The fourth-order valence-corrected chi connectivity index (χ4v) is 6.81. The van der Waals surface area contributed by atoms with Crippen molar-refractivity contribution in [1.82, 2.24) is 20.9 Å². The molecule has 4 amide bonds. The predicted molar refractivity (Wildman–Crippen MR) is 128 cm³/mol. The standard InChI is InChI=1S/C24H29N5O3S/c1-3-18(30)28-12-6-8-15(13-28)26-22(31)21-20-19-17(10-11-25-23(19)33-21)29(24(32)27-20)16-9-5-4-7-14(16)2/h3-5,7,9,15,17,19,23,25H,1,6,8,10-13H2,2H3,(H,26,31)(H,27,32)/t15-,17?,19?,23?/m1/s1. The van der Waals surface area contributed by atoms with Crippen LogP contribution >= 0.6 is 11.8 Å². The highest BCUT2D eigenvalue weighted by Gasteiger charge is 2.52. The second-order valence-corrected chi connectivity index (χ2v) is 10.2. The molecule has 0 bridgehead atoms. The number of urea groups is 1. The number of aryl methyl sites for hydroxylation is 1. The first kappa shape index (κ1) is 22.0. The SMILES string of the molecule is C=CC(=O)N1CCC[C@@H](NC(=O)C2=C3NC(=O)N(c4ccccc4C)C4CCNC(S2)C34)C1. The maximum absolute atomic E-state index is 13.3. The monoisotopic (exact) mass is 467 g/mol. The van der Waals surface area contributed by atoms with Crippen molar-refractivity contribution in [2.24, 2.45) is 5.92 Å². The van der Waals surface area contributed by atoms with Crippen LogP contribution in [0.1, 0.15) is 24.8 Å². The van der Waals surface area contributed by atoms with Crippen LogP contribution in [0.4, 0.5) is 10.5 Å². The molecule has 0 saturated carbocycles. The van der Waals surface area contributed by atoms with Crippen molar-refractivity contribution in [2.45, 2.75) is 43.6 Å². The normalized spacial score (nSPS) is 28.8. The Bertz CT molecular complexity index is 1040. The summed E-state index contributed by atoms with van der Waals surface area (Å²) in [6, 6.07) is 7.61. The molecule has 0 aliphatic carbocycles. The lowest BCUT2D eigenvalue weighted by Gasteiger charge is -2.46. The number of benzene rings is 1. The van der Waals surface area contributed by atoms with Crippen molar-refractivity contribution >= 4 is 35.3 Å². The second-order valence-electron chi connectivity index (χ2n) is 9.00. The average Bonchev–Trinajstić information content (AvgIpc) is 3.19. The Morgan fingerprint density at radius 2 is 2.09 bits per heavy atom. The van der Waals surface area contributed by atoms with Crippen molar-refractivity contribution in [3.63, 3.8) is 0 Å². The van der Waals surface area contributed by atoms with Gasteiger partial charge in [0, 0.05) is 36.4 Å². The van der Waals surface area contributed by atoms with Gasteiger partial charge in [0.05, 0.1) is 16.3 Å². The summed E-state index contributed by atoms with van der Waals surface area (Å²) in [5.74, 6) is -0.264. The smallest absolute Gasteiger partial charge is 0.326 e. The first-order valence-corrected chi connectivity index (χ1v) is 12.4. The molecular weight excluding hydrogens is 438 g/mol. The van der Waals surface area contributed by atoms with E-state index in [0.29, 0.717) is 18.0 Å². The predicted octanol–water partition coefficient (Wildman–Crippen LogP) is 2.08. The molecule has 3 N–H and O–H groups in total. The number of hydrogen-bond donors (Lipinski definition) is 3. The molecule has 174 valence electrons. The summed E-state index contributed by atoms with van der Waals surface area (Å²) in [5, 5.41) is 9.73. The van der Waals surface area contributed by atoms with E-state index < -0.39 is 0 Å². The fraction of sp³-hybridized carbons (Fsp3) is 0.458. The number of para-hydroxylation sites is 1. The molecule has 4 heterocycles. The number of amides is 4. The van der Waals surface area contributed by atoms with E-state index in [2.05, 4.69) is 22.5 Å². The van der Waals surface area contributed by atoms with E-state index >= 15 is 0 Å². The molecule has 3 unspecified atom stereocenters. The highest BCUT2D eigenvalue weighted by Crippen LogP contribution is 2.48. The van der Waals surface area contributed by atoms with Crippen molar-refractivity contribution < 1.29 is 14.4 Å². The number of piperidine rings is 2. The lowest BCUT2D eigenvalue weighted by molar-refractivity contribution is -0.128. The molecule has 5 rings (SSSR count). The topological polar surface area (TPSA) is 93.8 Å². The molecule has 3 fully saturated rings. The van der Waals surface area contributed by atoms with E-state index in [9.17, 15) is 14.4 Å². The van der Waals surface area contributed by atoms with E-state index in [4.69, 9.17) is 0 Å². The Morgan fingerprint density at radius 1 is 1.27 bits per heavy atom. The number of nitrogens with zero attached hydrogens (tertiary/aromatic N) is 2. The van der Waals surface area contributed by atoms with Crippen LogP contribution < -0.4 is 20.9 Å². The first-order valence-electron chi connectivity index (χ1n) is 11.5. The van der Waals surface area contributed by atoms with Crippen LogP contribution in [-0.2, 0) is 9.59 Å². The van der Waals surface area contributed by atoms with E-state index in [1.54, 1.807) is 4.90 Å². The van der Waals surface area contributed by atoms with Crippen LogP contribution in [0.25, 0.3) is 0 Å². The summed E-state index contributed by atoms with van der Waals surface area (Å²) >= 11 is 1.50. The molecular formula is C24H29N5O3S. The Morgan fingerprint density at radius 3 is 2.88 bits per heavy atom. The van der Waals surface area contributed by atoms with Gasteiger partial charge in [-0.05, 0) is 50.4 Å². The molecule has 3 saturated heterocycles. The molecule has 0 aromatic heterocycles. The zero-order valence-corrected chi connectivity index (χ0v) is 19.5. The quantitative estimate of drug-likeness (QED) is 0.590. The van der Waals surface area contributed by atoms with Crippen LogP contribution in [0.3, 0.4) is 0 Å². The van der Waals surface area contributed by atoms with E-state index in [1.165, 1.54) is 17.8 Å². The second kappa shape index (κ2) is 8.87. The van der Waals surface area contributed by atoms with Gasteiger partial charge in [-0.15, -0.1) is 0 Å². The Hall–Kier alpha value is -2.78. The van der Waals surface area contributed by atoms with E-state index in [0.717, 1.165) is 42.8 Å². The lowest BCUT2D eigenvalue weighted by atomic mass is 9.86. The minimum Gasteiger partial charge on any atom is -0.347 e. The third kappa shape index (κ3) is 3.93. The minimum absolute atomic E-state index is 0.00529. The fourth-order valence-electron chi connectivity index (χ4n) is 5.41. The summed E-state index contributed by atoms with van der Waals surface area (Å²) < 4.78 is 0. The number of anilines is 1. The third-order valence-electron chi connectivity index (χ3n) is 6.97. The largest absolute Gasteiger partial charge is 0.347 e. The molecule has 1 aromatic carbocycles. The molecule has 4 atom stereocenters. The van der Waals surface area contributed by atoms with Gasteiger partial charge in [-0.1, -0.05) is 36.5 Å². The number of nitrogens with one attached hydrogen (secondary N) is 3. The van der Waals surface area contributed by atoms with Gasteiger partial charge in [0.15, 0.2) is 0 Å². The van der Waals surface area contributed by atoms with Gasteiger partial charge in [-0.2, -0.15) is 0 Å². The van der Waals surface area contributed by atoms with Gasteiger partial charge in [0.2, 0.25) is 5.91 Å². The lowest BCUT2D eigenvalue weighted by Crippen LogP contribution is -2.62. The number of likely N-dealkylation sites (tertiary alicyclic amines) is 1. The molecule has 4 aliphatic heterocycles. The number of carbonyl (C=O) groups is 3. The van der Waals surface area contributed by atoms with Crippen LogP contribution in [0.15, 0.2) is 47.5 Å². The Balaban J connectivity index is 1.38. The summed E-state index contributed by atoms with van der Waals surface area (Å²) in [4.78, 5) is 42.7. The minimum atomic E-state index is -0.186. The zero-order valence-electron chi connectivity index (χ0n) is 18.7. The highest BCUT2D eigenvalue weighted by molar-refractivity contribution is 8.04. The summed E-state index contributed by atoms with van der Waals surface area (Å²) in [6.45, 7) is 7.52. The van der Waals surface area contributed by atoms with Gasteiger partial charge in [-0.25, -0.2) is 4.79 Å². The Labute approximate surface area is 197 Å². The number of thioether (sulfide) groups is 1. The van der Waals surface area contributed by atoms with Crippen LogP contribution in [-0.4, -0.2) is 59.8 Å². The van der Waals surface area contributed by atoms with Crippen LogP contribution in [0.5, 0.6) is 0 Å². The van der Waals surface area contributed by atoms with Crippen LogP contribution in [0.2, 0.25) is 0 Å². The maximum atomic E-state index is 13.3. The first-order chi connectivity index (χ1) is 16.0. The summed E-state index contributed by atoms with van der Waals surface area (Å²) in [6.07, 6.45) is 3.79.